The Balaban J connectivity index is 2.01. The molecule has 7 heteroatoms. The number of carbonyl (C=O) groups is 2. The predicted molar refractivity (Wildman–Crippen MR) is 77.2 cm³/mol. The van der Waals surface area contributed by atoms with Crippen LogP contribution in [0.3, 0.4) is 0 Å². The van der Waals surface area contributed by atoms with Gasteiger partial charge in [-0.2, -0.15) is 0 Å². The van der Waals surface area contributed by atoms with E-state index in [1.165, 1.54) is 0 Å². The lowest BCUT2D eigenvalue weighted by Gasteiger charge is -2.43. The standard InChI is InChI=1S/C14H25N3O4/c1-3-11-9-16(5-4-15(11)2)14(20)17-6-7-21-10-12(17)8-13(18)19/h11-12H,3-10H2,1-2H3,(H,18,19). The zero-order valence-corrected chi connectivity index (χ0v) is 12.8. The Hall–Kier alpha value is -1.34. The molecule has 2 aliphatic heterocycles. The van der Waals surface area contributed by atoms with E-state index in [1.807, 2.05) is 4.90 Å². The van der Waals surface area contributed by atoms with E-state index in [2.05, 4.69) is 18.9 Å². The molecule has 0 aromatic rings. The molecule has 2 amide bonds. The Morgan fingerprint density at radius 3 is 2.67 bits per heavy atom. The fourth-order valence-electron chi connectivity index (χ4n) is 3.02. The number of ether oxygens (including phenoxy) is 1. The molecule has 2 saturated heterocycles. The second kappa shape index (κ2) is 7.09. The molecule has 120 valence electrons. The molecule has 2 fully saturated rings. The summed E-state index contributed by atoms with van der Waals surface area (Å²) in [6.45, 7) is 5.65. The maximum Gasteiger partial charge on any atom is 0.320 e. The predicted octanol–water partition coefficient (Wildman–Crippen LogP) is 0.308. The Morgan fingerprint density at radius 1 is 1.24 bits per heavy atom. The number of carbonyl (C=O) groups excluding carboxylic acids is 1. The minimum absolute atomic E-state index is 0.0453. The van der Waals surface area contributed by atoms with Gasteiger partial charge >= 0.3 is 12.0 Å². The number of morpholine rings is 1. The molecule has 1 N–H and O–H groups in total. The van der Waals surface area contributed by atoms with Gasteiger partial charge in [0.2, 0.25) is 0 Å². The van der Waals surface area contributed by atoms with Crippen molar-refractivity contribution in [1.29, 1.82) is 0 Å². The zero-order valence-electron chi connectivity index (χ0n) is 12.8. The van der Waals surface area contributed by atoms with Crippen LogP contribution in [0.4, 0.5) is 4.79 Å². The van der Waals surface area contributed by atoms with Gasteiger partial charge in [-0.1, -0.05) is 6.92 Å². The van der Waals surface area contributed by atoms with Crippen LogP contribution in [-0.2, 0) is 9.53 Å². The number of urea groups is 1. The number of rotatable bonds is 3. The van der Waals surface area contributed by atoms with Gasteiger partial charge in [0.1, 0.15) is 0 Å². The van der Waals surface area contributed by atoms with E-state index < -0.39 is 5.97 Å². The molecule has 2 aliphatic rings. The third-order valence-corrected chi connectivity index (χ3v) is 4.40. The molecule has 2 atom stereocenters. The van der Waals surface area contributed by atoms with Crippen LogP contribution in [0.15, 0.2) is 0 Å². The Bertz CT molecular complexity index is 390. The summed E-state index contributed by atoms with van der Waals surface area (Å²) >= 11 is 0. The fourth-order valence-corrected chi connectivity index (χ4v) is 3.02. The van der Waals surface area contributed by atoms with Crippen LogP contribution in [0, 0.1) is 0 Å². The number of piperazine rings is 1. The van der Waals surface area contributed by atoms with Crippen molar-refractivity contribution in [1.82, 2.24) is 14.7 Å². The number of nitrogens with zero attached hydrogens (tertiary/aromatic N) is 3. The fraction of sp³-hybridized carbons (Fsp3) is 0.857. The third-order valence-electron chi connectivity index (χ3n) is 4.40. The van der Waals surface area contributed by atoms with E-state index in [0.29, 0.717) is 38.9 Å². The zero-order chi connectivity index (χ0) is 15.4. The van der Waals surface area contributed by atoms with Crippen molar-refractivity contribution in [3.8, 4) is 0 Å². The molecule has 2 heterocycles. The number of hydrogen-bond acceptors (Lipinski definition) is 4. The Morgan fingerprint density at radius 2 is 2.00 bits per heavy atom. The van der Waals surface area contributed by atoms with Crippen LogP contribution in [0.2, 0.25) is 0 Å². The maximum atomic E-state index is 12.7. The second-order valence-electron chi connectivity index (χ2n) is 5.79. The number of amides is 2. The van der Waals surface area contributed by atoms with E-state index >= 15 is 0 Å². The maximum absolute atomic E-state index is 12.7. The minimum Gasteiger partial charge on any atom is -0.481 e. The molecule has 0 saturated carbocycles. The summed E-state index contributed by atoms with van der Waals surface area (Å²) in [6.07, 6.45) is 0.943. The minimum atomic E-state index is -0.895. The highest BCUT2D eigenvalue weighted by atomic mass is 16.5. The summed E-state index contributed by atoms with van der Waals surface area (Å²) in [7, 11) is 2.08. The highest BCUT2D eigenvalue weighted by Gasteiger charge is 2.34. The molecule has 0 aromatic heterocycles. The van der Waals surface area contributed by atoms with Crippen molar-refractivity contribution in [2.45, 2.75) is 31.8 Å². The first-order chi connectivity index (χ1) is 10.0. The molecule has 0 spiro atoms. The summed E-state index contributed by atoms with van der Waals surface area (Å²) in [6, 6.07) is -0.0266. The lowest BCUT2D eigenvalue weighted by molar-refractivity contribution is -0.139. The molecular formula is C14H25N3O4. The van der Waals surface area contributed by atoms with Crippen molar-refractivity contribution in [2.75, 3.05) is 46.4 Å². The van der Waals surface area contributed by atoms with E-state index in [9.17, 15) is 9.59 Å². The third kappa shape index (κ3) is 3.85. The smallest absolute Gasteiger partial charge is 0.320 e. The van der Waals surface area contributed by atoms with Gasteiger partial charge in [0.25, 0.3) is 0 Å². The van der Waals surface area contributed by atoms with Crippen molar-refractivity contribution in [3.63, 3.8) is 0 Å². The number of carboxylic acids is 1. The van der Waals surface area contributed by atoms with Crippen LogP contribution < -0.4 is 0 Å². The van der Waals surface area contributed by atoms with E-state index in [-0.39, 0.29) is 18.5 Å². The largest absolute Gasteiger partial charge is 0.481 e. The summed E-state index contributed by atoms with van der Waals surface area (Å²) in [5, 5.41) is 8.98. The molecule has 0 radical (unpaired) electrons. The SMILES string of the molecule is CCC1CN(C(=O)N2CCOCC2CC(=O)O)CCN1C. The second-order valence-corrected chi connectivity index (χ2v) is 5.79. The molecule has 2 unspecified atom stereocenters. The number of hydrogen-bond donors (Lipinski definition) is 1. The summed E-state index contributed by atoms with van der Waals surface area (Å²) < 4.78 is 5.33. The summed E-state index contributed by atoms with van der Waals surface area (Å²) in [5.74, 6) is -0.895. The van der Waals surface area contributed by atoms with Crippen LogP contribution in [0.1, 0.15) is 19.8 Å². The number of likely N-dealkylation sites (N-methyl/N-ethyl adjacent to an activating group) is 1. The molecule has 2 rings (SSSR count). The normalized spacial score (nSPS) is 27.7. The molecule has 0 bridgehead atoms. The molecule has 21 heavy (non-hydrogen) atoms. The lowest BCUT2D eigenvalue weighted by Crippen LogP contribution is -2.59. The van der Waals surface area contributed by atoms with Gasteiger partial charge in [0.05, 0.1) is 25.7 Å². The Labute approximate surface area is 125 Å². The summed E-state index contributed by atoms with van der Waals surface area (Å²) in [5.41, 5.74) is 0. The average molecular weight is 299 g/mol. The van der Waals surface area contributed by atoms with Crippen molar-refractivity contribution in [3.05, 3.63) is 0 Å². The van der Waals surface area contributed by atoms with Crippen molar-refractivity contribution in [2.24, 2.45) is 0 Å². The lowest BCUT2D eigenvalue weighted by atomic mass is 10.1. The first-order valence-electron chi connectivity index (χ1n) is 7.58. The highest BCUT2D eigenvalue weighted by Crippen LogP contribution is 2.17. The van der Waals surface area contributed by atoms with Gasteiger partial charge < -0.3 is 19.6 Å². The average Bonchev–Trinajstić information content (AvgIpc) is 2.47. The van der Waals surface area contributed by atoms with E-state index in [4.69, 9.17) is 9.84 Å². The van der Waals surface area contributed by atoms with E-state index in [1.54, 1.807) is 4.90 Å². The van der Waals surface area contributed by atoms with Crippen LogP contribution >= 0.6 is 0 Å². The van der Waals surface area contributed by atoms with Crippen molar-refractivity contribution < 1.29 is 19.4 Å². The molecule has 0 aromatic carbocycles. The Kier molecular flexibility index (Phi) is 5.41. The van der Waals surface area contributed by atoms with Crippen LogP contribution in [0.25, 0.3) is 0 Å². The van der Waals surface area contributed by atoms with Gasteiger partial charge in [0.15, 0.2) is 0 Å². The van der Waals surface area contributed by atoms with Crippen LogP contribution in [-0.4, -0.2) is 90.3 Å². The van der Waals surface area contributed by atoms with Crippen LogP contribution in [0.5, 0.6) is 0 Å². The summed E-state index contributed by atoms with van der Waals surface area (Å²) in [4.78, 5) is 29.4. The number of aliphatic carboxylic acids is 1. The van der Waals surface area contributed by atoms with Gasteiger partial charge in [0, 0.05) is 32.2 Å². The van der Waals surface area contributed by atoms with Gasteiger partial charge in [-0.25, -0.2) is 4.79 Å². The first kappa shape index (κ1) is 16.0. The molecular weight excluding hydrogens is 274 g/mol. The van der Waals surface area contributed by atoms with Gasteiger partial charge in [-0.3, -0.25) is 9.69 Å². The van der Waals surface area contributed by atoms with Gasteiger partial charge in [-0.05, 0) is 13.5 Å². The molecule has 7 nitrogen and oxygen atoms in total. The molecule has 0 aliphatic carbocycles. The topological polar surface area (TPSA) is 73.3 Å². The van der Waals surface area contributed by atoms with Crippen molar-refractivity contribution >= 4 is 12.0 Å². The highest BCUT2D eigenvalue weighted by molar-refractivity contribution is 5.76. The van der Waals surface area contributed by atoms with Gasteiger partial charge in [-0.15, -0.1) is 0 Å². The number of carboxylic acid groups (broad SMARTS) is 1. The van der Waals surface area contributed by atoms with E-state index in [0.717, 1.165) is 13.0 Å². The first-order valence-corrected chi connectivity index (χ1v) is 7.58. The quantitative estimate of drug-likeness (QED) is 0.812. The monoisotopic (exact) mass is 299 g/mol.